The molecule has 0 aliphatic rings. The summed E-state index contributed by atoms with van der Waals surface area (Å²) in [5, 5.41) is 13.4. The first-order chi connectivity index (χ1) is 10.9. The highest BCUT2D eigenvalue weighted by Gasteiger charge is 2.20. The van der Waals surface area contributed by atoms with E-state index in [4.69, 9.17) is 23.2 Å². The summed E-state index contributed by atoms with van der Waals surface area (Å²) >= 11 is 11.5. The molecule has 0 aliphatic heterocycles. The minimum Gasteiger partial charge on any atom is -0.320 e. The fourth-order valence-corrected chi connectivity index (χ4v) is 2.18. The van der Waals surface area contributed by atoms with Crippen LogP contribution in [0.2, 0.25) is 10.0 Å². The van der Waals surface area contributed by atoms with Gasteiger partial charge in [-0.1, -0.05) is 53.5 Å². The molecule has 0 bridgehead atoms. The number of Topliss-reactive ketones (excluding diaryl/α,β-unsaturated/α-hetero) is 1. The molecule has 1 N–H and O–H groups in total. The highest BCUT2D eigenvalue weighted by atomic mass is 35.5. The Morgan fingerprint density at radius 2 is 1.70 bits per heavy atom. The minimum absolute atomic E-state index is 0.00303. The average Bonchev–Trinajstić information content (AvgIpc) is 2.51. The molecule has 118 valence electrons. The Balaban J connectivity index is 2.16. The van der Waals surface area contributed by atoms with Crippen LogP contribution in [0, 0.1) is 10.1 Å². The monoisotopic (exact) mass is 352 g/mol. The molecule has 0 atom stereocenters. The maximum atomic E-state index is 11.9. The van der Waals surface area contributed by atoms with Crippen molar-refractivity contribution in [3.63, 3.8) is 0 Å². The predicted octanol–water partition coefficient (Wildman–Crippen LogP) is 4.11. The number of ketones is 1. The summed E-state index contributed by atoms with van der Waals surface area (Å²) in [7, 11) is 0. The molecule has 2 aromatic carbocycles. The maximum absolute atomic E-state index is 11.9. The van der Waals surface area contributed by atoms with Crippen LogP contribution >= 0.6 is 23.2 Å². The number of rotatable bonds is 5. The molecule has 2 rings (SSSR count). The van der Waals surface area contributed by atoms with Crippen molar-refractivity contribution in [1.29, 1.82) is 0 Å². The van der Waals surface area contributed by atoms with Gasteiger partial charge in [0.1, 0.15) is 5.69 Å². The average molecular weight is 353 g/mol. The highest BCUT2D eigenvalue weighted by molar-refractivity contribution is 6.42. The van der Waals surface area contributed by atoms with Gasteiger partial charge in [-0.3, -0.25) is 19.7 Å². The quantitative estimate of drug-likeness (QED) is 0.379. The number of amides is 1. The summed E-state index contributed by atoms with van der Waals surface area (Å²) in [6.45, 7) is 0. The van der Waals surface area contributed by atoms with Gasteiger partial charge in [-0.2, -0.15) is 0 Å². The van der Waals surface area contributed by atoms with Crippen molar-refractivity contribution in [2.75, 3.05) is 5.32 Å². The van der Waals surface area contributed by atoms with Gasteiger partial charge in [0, 0.05) is 11.6 Å². The Bertz CT molecular complexity index is 779. The molecule has 0 fully saturated rings. The van der Waals surface area contributed by atoms with Gasteiger partial charge in [0.05, 0.1) is 21.4 Å². The maximum Gasteiger partial charge on any atom is 0.294 e. The number of anilines is 1. The van der Waals surface area contributed by atoms with E-state index in [0.29, 0.717) is 5.56 Å². The standard InChI is InChI=1S/C15H10Cl2N2O4/c16-10-6-12(13(19(22)23)7-11(10)17)18-15(21)8-14(20)9-4-2-1-3-5-9/h1-7H,8H2,(H,18,21). The molecule has 1 amide bonds. The van der Waals surface area contributed by atoms with E-state index in [0.717, 1.165) is 6.07 Å². The summed E-state index contributed by atoms with van der Waals surface area (Å²) in [5.41, 5.74) is -0.138. The second-order valence-electron chi connectivity index (χ2n) is 4.55. The van der Waals surface area contributed by atoms with Crippen LogP contribution in [0.25, 0.3) is 0 Å². The fraction of sp³-hybridized carbons (Fsp3) is 0.0667. The smallest absolute Gasteiger partial charge is 0.294 e. The number of nitrogens with one attached hydrogen (secondary N) is 1. The third-order valence-electron chi connectivity index (χ3n) is 2.93. The van der Waals surface area contributed by atoms with E-state index in [1.165, 1.54) is 6.07 Å². The van der Waals surface area contributed by atoms with Crippen LogP contribution in [0.4, 0.5) is 11.4 Å². The van der Waals surface area contributed by atoms with E-state index in [1.807, 2.05) is 0 Å². The Labute approximate surface area is 141 Å². The van der Waals surface area contributed by atoms with Crippen LogP contribution in [0.5, 0.6) is 0 Å². The van der Waals surface area contributed by atoms with Gasteiger partial charge in [-0.15, -0.1) is 0 Å². The number of halogens is 2. The van der Waals surface area contributed by atoms with Crippen LogP contribution in [0.15, 0.2) is 42.5 Å². The van der Waals surface area contributed by atoms with Crippen molar-refractivity contribution in [3.8, 4) is 0 Å². The number of carbonyl (C=O) groups excluding carboxylic acids is 2. The molecule has 0 saturated heterocycles. The molecule has 0 radical (unpaired) electrons. The van der Waals surface area contributed by atoms with Gasteiger partial charge < -0.3 is 5.32 Å². The molecule has 0 unspecified atom stereocenters. The first-order valence-corrected chi connectivity index (χ1v) is 7.15. The van der Waals surface area contributed by atoms with Crippen molar-refractivity contribution >= 4 is 46.3 Å². The van der Waals surface area contributed by atoms with E-state index in [2.05, 4.69) is 5.32 Å². The second kappa shape index (κ2) is 7.21. The van der Waals surface area contributed by atoms with Crippen molar-refractivity contribution in [1.82, 2.24) is 0 Å². The molecule has 0 saturated carbocycles. The molecular weight excluding hydrogens is 343 g/mol. The number of nitrogens with zero attached hydrogens (tertiary/aromatic N) is 1. The Morgan fingerprint density at radius 3 is 2.30 bits per heavy atom. The Kier molecular flexibility index (Phi) is 5.31. The van der Waals surface area contributed by atoms with E-state index >= 15 is 0 Å². The van der Waals surface area contributed by atoms with Gasteiger partial charge in [0.15, 0.2) is 5.78 Å². The SMILES string of the molecule is O=C(CC(=O)c1ccccc1)Nc1cc(Cl)c(Cl)cc1[N+](=O)[O-]. The summed E-state index contributed by atoms with van der Waals surface area (Å²) in [4.78, 5) is 34.2. The molecule has 8 heteroatoms. The van der Waals surface area contributed by atoms with Crippen molar-refractivity contribution in [3.05, 3.63) is 68.2 Å². The van der Waals surface area contributed by atoms with Gasteiger partial charge in [-0.05, 0) is 6.07 Å². The molecule has 2 aromatic rings. The first kappa shape index (κ1) is 16.9. The lowest BCUT2D eigenvalue weighted by Crippen LogP contribution is -2.17. The van der Waals surface area contributed by atoms with Crippen LogP contribution < -0.4 is 5.32 Å². The largest absolute Gasteiger partial charge is 0.320 e. The van der Waals surface area contributed by atoms with Crippen LogP contribution in [-0.2, 0) is 4.79 Å². The van der Waals surface area contributed by atoms with E-state index in [9.17, 15) is 19.7 Å². The van der Waals surface area contributed by atoms with Crippen molar-refractivity contribution < 1.29 is 14.5 Å². The van der Waals surface area contributed by atoms with E-state index in [1.54, 1.807) is 30.3 Å². The van der Waals surface area contributed by atoms with Gasteiger partial charge in [-0.25, -0.2) is 0 Å². The van der Waals surface area contributed by atoms with Crippen LogP contribution in [0.3, 0.4) is 0 Å². The van der Waals surface area contributed by atoms with E-state index < -0.39 is 28.7 Å². The summed E-state index contributed by atoms with van der Waals surface area (Å²) in [5.74, 6) is -1.08. The topological polar surface area (TPSA) is 89.3 Å². The van der Waals surface area contributed by atoms with Gasteiger partial charge >= 0.3 is 0 Å². The van der Waals surface area contributed by atoms with Gasteiger partial charge in [0.25, 0.3) is 5.69 Å². The number of carbonyl (C=O) groups is 2. The molecule has 6 nitrogen and oxygen atoms in total. The zero-order valence-corrected chi connectivity index (χ0v) is 13.1. The molecule has 0 spiro atoms. The van der Waals surface area contributed by atoms with Crippen LogP contribution in [-0.4, -0.2) is 16.6 Å². The number of nitro benzene ring substituents is 1. The number of hydrogen-bond donors (Lipinski definition) is 1. The summed E-state index contributed by atoms with van der Waals surface area (Å²) in [6.07, 6.45) is -0.443. The predicted molar refractivity (Wildman–Crippen MR) is 87.1 cm³/mol. The number of nitro groups is 1. The normalized spacial score (nSPS) is 10.2. The molecule has 0 aliphatic carbocycles. The number of benzene rings is 2. The lowest BCUT2D eigenvalue weighted by Gasteiger charge is -2.07. The lowest BCUT2D eigenvalue weighted by atomic mass is 10.1. The molecule has 0 heterocycles. The minimum atomic E-state index is -0.698. The molecule has 0 aromatic heterocycles. The fourth-order valence-electron chi connectivity index (χ4n) is 1.85. The highest BCUT2D eigenvalue weighted by Crippen LogP contribution is 2.34. The van der Waals surface area contributed by atoms with Crippen molar-refractivity contribution in [2.45, 2.75) is 6.42 Å². The zero-order valence-electron chi connectivity index (χ0n) is 11.6. The molecule has 23 heavy (non-hydrogen) atoms. The summed E-state index contributed by atoms with van der Waals surface area (Å²) < 4.78 is 0. The Hall–Kier alpha value is -2.44. The summed E-state index contributed by atoms with van der Waals surface area (Å²) in [6, 6.07) is 10.5. The first-order valence-electron chi connectivity index (χ1n) is 6.40. The Morgan fingerprint density at radius 1 is 1.09 bits per heavy atom. The zero-order chi connectivity index (χ0) is 17.0. The molecular formula is C15H10Cl2N2O4. The third kappa shape index (κ3) is 4.28. The third-order valence-corrected chi connectivity index (χ3v) is 3.65. The second-order valence-corrected chi connectivity index (χ2v) is 5.37. The van der Waals surface area contributed by atoms with Crippen molar-refractivity contribution in [2.24, 2.45) is 0 Å². The lowest BCUT2D eigenvalue weighted by molar-refractivity contribution is -0.383. The number of hydrogen-bond acceptors (Lipinski definition) is 4. The van der Waals surface area contributed by atoms with Crippen LogP contribution in [0.1, 0.15) is 16.8 Å². The van der Waals surface area contributed by atoms with Gasteiger partial charge in [0.2, 0.25) is 5.91 Å². The van der Waals surface area contributed by atoms with E-state index in [-0.39, 0.29) is 15.7 Å².